The molecule has 4 rings (SSSR count). The van der Waals surface area contributed by atoms with E-state index in [1.807, 2.05) is 31.2 Å². The first-order valence-electron chi connectivity index (χ1n) is 7.32. The number of aryl methyl sites for hydroxylation is 1. The summed E-state index contributed by atoms with van der Waals surface area (Å²) in [6.07, 6.45) is 4.55. The predicted octanol–water partition coefficient (Wildman–Crippen LogP) is 1.93. The lowest BCUT2D eigenvalue weighted by Gasteiger charge is -2.17. The Morgan fingerprint density at radius 2 is 2.08 bits per heavy atom. The lowest BCUT2D eigenvalue weighted by Crippen LogP contribution is -2.24. The monoisotopic (exact) mass is 339 g/mol. The second kappa shape index (κ2) is 5.38. The van der Waals surface area contributed by atoms with Crippen molar-refractivity contribution in [3.63, 3.8) is 0 Å². The average Bonchev–Trinajstić information content (AvgIpc) is 2.96. The van der Waals surface area contributed by atoms with Crippen LogP contribution in [0.2, 0.25) is 0 Å². The highest BCUT2D eigenvalue weighted by Crippen LogP contribution is 2.43. The number of carboxylic acid groups (broad SMARTS) is 1. The molecule has 24 heavy (non-hydrogen) atoms. The molecular weight excluding hydrogens is 326 g/mol. The fraction of sp³-hybridized carbons (Fsp3) is 0.118. The number of carbonyl (C=O) groups is 1. The van der Waals surface area contributed by atoms with Crippen molar-refractivity contribution in [2.75, 3.05) is 0 Å². The van der Waals surface area contributed by atoms with Gasteiger partial charge in [0.2, 0.25) is 0 Å². The molecule has 1 atom stereocenters. The Morgan fingerprint density at radius 3 is 2.79 bits per heavy atom. The first-order valence-corrected chi connectivity index (χ1v) is 8.20. The zero-order chi connectivity index (χ0) is 16.8. The van der Waals surface area contributed by atoms with Gasteiger partial charge in [-0.2, -0.15) is 0 Å². The van der Waals surface area contributed by atoms with Crippen LogP contribution in [0.25, 0.3) is 11.3 Å². The van der Waals surface area contributed by atoms with Crippen LogP contribution in [0, 0.1) is 6.92 Å². The normalized spacial score (nSPS) is 18.1. The number of nitrogens with one attached hydrogen (secondary N) is 1. The third kappa shape index (κ3) is 2.16. The van der Waals surface area contributed by atoms with Crippen LogP contribution in [0.5, 0.6) is 0 Å². The molecule has 0 saturated heterocycles. The summed E-state index contributed by atoms with van der Waals surface area (Å²) in [6, 6.07) is 7.58. The van der Waals surface area contributed by atoms with Gasteiger partial charge in [-0.25, -0.2) is 9.78 Å². The predicted molar refractivity (Wildman–Crippen MR) is 91.0 cm³/mol. The number of aromatic nitrogens is 2. The topological polar surface area (TPSA) is 84.2 Å². The van der Waals surface area contributed by atoms with Crippen LogP contribution in [-0.2, 0) is 4.79 Å². The van der Waals surface area contributed by atoms with Crippen LogP contribution in [-0.4, -0.2) is 26.0 Å². The summed E-state index contributed by atoms with van der Waals surface area (Å²) in [6.45, 7) is 1.98. The van der Waals surface area contributed by atoms with E-state index in [1.165, 1.54) is 28.7 Å². The number of rotatable bonds is 2. The number of fused-ring (bicyclic) bond motifs is 3. The number of carboxylic acids is 1. The van der Waals surface area contributed by atoms with E-state index in [1.54, 1.807) is 6.20 Å². The molecule has 1 unspecified atom stereocenters. The van der Waals surface area contributed by atoms with Crippen molar-refractivity contribution in [1.29, 1.82) is 0 Å². The molecule has 2 aliphatic heterocycles. The van der Waals surface area contributed by atoms with Gasteiger partial charge >= 0.3 is 5.97 Å². The molecule has 2 N–H and O–H groups in total. The van der Waals surface area contributed by atoms with Crippen molar-refractivity contribution in [3.8, 4) is 5.69 Å². The van der Waals surface area contributed by atoms with E-state index in [2.05, 4.69) is 10.3 Å². The van der Waals surface area contributed by atoms with Crippen molar-refractivity contribution in [2.45, 2.75) is 17.2 Å². The SMILES string of the molecule is Cc1ccc(-n2cnc3c(c2=O)SC2NC=CC(C(=O)O)=C32)cc1. The van der Waals surface area contributed by atoms with Gasteiger partial charge in [-0.3, -0.25) is 9.36 Å². The van der Waals surface area contributed by atoms with Gasteiger partial charge in [-0.1, -0.05) is 29.5 Å². The van der Waals surface area contributed by atoms with Crippen molar-refractivity contribution in [2.24, 2.45) is 0 Å². The summed E-state index contributed by atoms with van der Waals surface area (Å²) in [5.41, 5.74) is 2.82. The molecule has 0 radical (unpaired) electrons. The van der Waals surface area contributed by atoms with E-state index < -0.39 is 5.97 Å². The van der Waals surface area contributed by atoms with Gasteiger partial charge in [-0.15, -0.1) is 0 Å². The van der Waals surface area contributed by atoms with E-state index in [0.29, 0.717) is 16.2 Å². The summed E-state index contributed by atoms with van der Waals surface area (Å²) in [5.74, 6) is -1.02. The highest BCUT2D eigenvalue weighted by molar-refractivity contribution is 8.00. The summed E-state index contributed by atoms with van der Waals surface area (Å²) >= 11 is 1.30. The summed E-state index contributed by atoms with van der Waals surface area (Å²) in [5, 5.41) is 12.2. The van der Waals surface area contributed by atoms with E-state index in [9.17, 15) is 14.7 Å². The van der Waals surface area contributed by atoms with E-state index >= 15 is 0 Å². The number of hydrogen-bond donors (Lipinski definition) is 2. The molecule has 7 heteroatoms. The average molecular weight is 339 g/mol. The zero-order valence-corrected chi connectivity index (χ0v) is 13.5. The number of thioether (sulfide) groups is 1. The van der Waals surface area contributed by atoms with Gasteiger partial charge in [0.1, 0.15) is 16.6 Å². The maximum Gasteiger partial charge on any atom is 0.336 e. The Kier molecular flexibility index (Phi) is 3.31. The van der Waals surface area contributed by atoms with Gasteiger partial charge in [-0.05, 0) is 31.3 Å². The highest BCUT2D eigenvalue weighted by atomic mass is 32.2. The van der Waals surface area contributed by atoms with Crippen molar-refractivity contribution >= 4 is 23.3 Å². The fourth-order valence-electron chi connectivity index (χ4n) is 2.81. The first kappa shape index (κ1) is 14.8. The van der Waals surface area contributed by atoms with E-state index in [0.717, 1.165) is 11.3 Å². The van der Waals surface area contributed by atoms with Crippen LogP contribution in [0.4, 0.5) is 0 Å². The van der Waals surface area contributed by atoms with Crippen molar-refractivity contribution in [1.82, 2.24) is 14.9 Å². The van der Waals surface area contributed by atoms with Gasteiger partial charge in [0.05, 0.1) is 17.0 Å². The minimum absolute atomic E-state index is 0.171. The van der Waals surface area contributed by atoms with Gasteiger partial charge in [0.25, 0.3) is 5.56 Å². The Bertz CT molecular complexity index is 974. The minimum Gasteiger partial charge on any atom is -0.478 e. The van der Waals surface area contributed by atoms with Crippen molar-refractivity contribution in [3.05, 3.63) is 70.1 Å². The smallest absolute Gasteiger partial charge is 0.336 e. The molecule has 0 aliphatic carbocycles. The Morgan fingerprint density at radius 1 is 1.33 bits per heavy atom. The Hall–Kier alpha value is -2.80. The maximum atomic E-state index is 12.9. The summed E-state index contributed by atoms with van der Waals surface area (Å²) in [7, 11) is 0. The molecule has 0 spiro atoms. The van der Waals surface area contributed by atoms with Crippen LogP contribution < -0.4 is 10.9 Å². The highest BCUT2D eigenvalue weighted by Gasteiger charge is 2.36. The van der Waals surface area contributed by atoms with Crippen LogP contribution in [0.1, 0.15) is 11.3 Å². The molecular formula is C17H13N3O3S. The molecule has 1 aromatic carbocycles. The zero-order valence-electron chi connectivity index (χ0n) is 12.7. The fourth-order valence-corrected chi connectivity index (χ4v) is 4.02. The number of dihydropyridines is 1. The summed E-state index contributed by atoms with van der Waals surface area (Å²) in [4.78, 5) is 29.2. The van der Waals surface area contributed by atoms with Gasteiger partial charge in [0.15, 0.2) is 0 Å². The first-order chi connectivity index (χ1) is 11.6. The quantitative estimate of drug-likeness (QED) is 0.870. The van der Waals surface area contributed by atoms with Gasteiger partial charge < -0.3 is 10.4 Å². The van der Waals surface area contributed by atoms with Crippen molar-refractivity contribution < 1.29 is 9.90 Å². The lowest BCUT2D eigenvalue weighted by molar-refractivity contribution is -0.132. The third-order valence-electron chi connectivity index (χ3n) is 4.01. The molecule has 2 aromatic rings. The Balaban J connectivity index is 1.89. The molecule has 3 heterocycles. The standard InChI is InChI=1S/C17H13N3O3S/c1-9-2-4-10(5-3-9)20-8-19-13-12-11(17(22)23)6-7-18-15(12)24-14(13)16(20)21/h2-8,15,18H,1H3,(H,22,23). The second-order valence-electron chi connectivity index (χ2n) is 5.56. The summed E-state index contributed by atoms with van der Waals surface area (Å²) < 4.78 is 1.48. The minimum atomic E-state index is -1.02. The molecule has 0 amide bonds. The number of aliphatic carboxylic acids is 1. The lowest BCUT2D eigenvalue weighted by atomic mass is 10.0. The number of hydrogen-bond acceptors (Lipinski definition) is 5. The molecule has 0 fully saturated rings. The molecule has 1 aromatic heterocycles. The van der Waals surface area contributed by atoms with E-state index in [-0.39, 0.29) is 16.5 Å². The molecule has 0 saturated carbocycles. The molecule has 6 nitrogen and oxygen atoms in total. The number of benzene rings is 1. The largest absolute Gasteiger partial charge is 0.478 e. The van der Waals surface area contributed by atoms with Gasteiger partial charge in [0, 0.05) is 5.57 Å². The van der Waals surface area contributed by atoms with E-state index in [4.69, 9.17) is 0 Å². The second-order valence-corrected chi connectivity index (χ2v) is 6.68. The van der Waals surface area contributed by atoms with Crippen LogP contribution in [0.3, 0.4) is 0 Å². The van der Waals surface area contributed by atoms with Crippen LogP contribution in [0.15, 0.2) is 58.1 Å². The Labute approximate surface area is 141 Å². The molecule has 0 bridgehead atoms. The number of nitrogens with zero attached hydrogens (tertiary/aromatic N) is 2. The molecule has 120 valence electrons. The molecule has 2 aliphatic rings. The maximum absolute atomic E-state index is 12.9. The third-order valence-corrected chi connectivity index (χ3v) is 5.22. The van der Waals surface area contributed by atoms with Crippen LogP contribution >= 0.6 is 11.8 Å².